The number of thiol groups is 1. The van der Waals surface area contributed by atoms with Crippen LogP contribution in [0.2, 0.25) is 0 Å². The molecule has 2 atom stereocenters. The second-order valence-electron chi connectivity index (χ2n) is 3.83. The number of carbonyl (C=O) groups is 3. The average molecular weight is 369 g/mol. The maximum absolute atomic E-state index is 11.6. The van der Waals surface area contributed by atoms with E-state index in [0.717, 1.165) is 0 Å². The van der Waals surface area contributed by atoms with Gasteiger partial charge < -0.3 is 0 Å². The molecular weight excluding hydrogens is 353 g/mol. The second kappa shape index (κ2) is 9.76. The van der Waals surface area contributed by atoms with E-state index in [-0.39, 0.29) is 18.6 Å². The Bertz CT molecular complexity index is 404. The number of hydrogen-bond acceptors (Lipinski definition) is 6. The van der Waals surface area contributed by atoms with E-state index in [1.807, 2.05) is 0 Å². The molecule has 5 N–H and O–H groups in total. The summed E-state index contributed by atoms with van der Waals surface area (Å²) >= 11 is 6.61. The molecule has 0 aliphatic heterocycles. The third kappa shape index (κ3) is 8.15. The predicted molar refractivity (Wildman–Crippen MR) is 76.3 cm³/mol. The van der Waals surface area contributed by atoms with E-state index in [0.29, 0.717) is 4.61 Å². The number of amides is 1. The van der Waals surface area contributed by atoms with Crippen LogP contribution in [0.15, 0.2) is 4.99 Å². The fourth-order valence-corrected chi connectivity index (χ4v) is 2.09. The summed E-state index contributed by atoms with van der Waals surface area (Å²) in [6, 6.07) is -1.64. The molecule has 1 radical (unpaired) electrons. The molecule has 20 heavy (non-hydrogen) atoms. The van der Waals surface area contributed by atoms with Gasteiger partial charge in [0.05, 0.1) is 0 Å². The zero-order valence-corrected chi connectivity index (χ0v) is 13.1. The van der Waals surface area contributed by atoms with Gasteiger partial charge in [-0.3, -0.25) is 0 Å². The van der Waals surface area contributed by atoms with Crippen LogP contribution in [0.25, 0.3) is 0 Å². The van der Waals surface area contributed by atoms with Crippen molar-refractivity contribution in [3.63, 3.8) is 0 Å². The number of carboxylic acids is 2. The fourth-order valence-electron chi connectivity index (χ4n) is 1.12. The molecule has 0 rings (SSSR count). The van der Waals surface area contributed by atoms with Crippen molar-refractivity contribution in [1.29, 1.82) is 0 Å². The zero-order valence-electron chi connectivity index (χ0n) is 10.5. The topological polar surface area (TPSA) is 142 Å². The predicted octanol–water partition coefficient (Wildman–Crippen LogP) is -1.76. The van der Waals surface area contributed by atoms with Crippen molar-refractivity contribution in [2.45, 2.75) is 24.9 Å². The Morgan fingerprint density at radius 2 is 1.95 bits per heavy atom. The van der Waals surface area contributed by atoms with Crippen molar-refractivity contribution in [3.8, 4) is 0 Å². The minimum absolute atomic E-state index is 0.00941. The van der Waals surface area contributed by atoms with E-state index in [1.165, 1.54) is 0 Å². The first-order chi connectivity index (χ1) is 9.27. The molecule has 10 heteroatoms. The molecule has 0 fully saturated rings. The number of aliphatic carboxylic acids is 2. The molecule has 0 aliphatic carbocycles. The number of nitrogens with two attached hydrogens (primary N) is 1. The summed E-state index contributed by atoms with van der Waals surface area (Å²) in [5.41, 5.74) is 5.28. The third-order valence-electron chi connectivity index (χ3n) is 2.19. The Morgan fingerprint density at radius 1 is 1.35 bits per heavy atom. The first kappa shape index (κ1) is 18.9. The van der Waals surface area contributed by atoms with Gasteiger partial charge in [0.1, 0.15) is 0 Å². The van der Waals surface area contributed by atoms with Gasteiger partial charge >= 0.3 is 129 Å². The van der Waals surface area contributed by atoms with Crippen LogP contribution in [0.5, 0.6) is 0 Å². The minimum atomic E-state index is -1.17. The molecular formula is C10H16N3O5SSe. The maximum atomic E-state index is 11.6. The Hall–Kier alpha value is -1.09. The van der Waals surface area contributed by atoms with Gasteiger partial charge in [0.25, 0.3) is 0 Å². The van der Waals surface area contributed by atoms with E-state index in [9.17, 15) is 14.4 Å². The summed E-state index contributed by atoms with van der Waals surface area (Å²) in [6.45, 7) is -0.410. The van der Waals surface area contributed by atoms with E-state index in [1.54, 1.807) is 0 Å². The summed E-state index contributed by atoms with van der Waals surface area (Å²) in [7, 11) is 0. The molecule has 0 bridgehead atoms. The normalized spacial score (nSPS) is 14.4. The molecule has 0 spiro atoms. The molecule has 113 valence electrons. The van der Waals surface area contributed by atoms with Crippen molar-refractivity contribution >= 4 is 51.1 Å². The molecule has 0 aliphatic rings. The molecule has 2 unspecified atom stereocenters. The molecule has 1 amide bonds. The van der Waals surface area contributed by atoms with Crippen LogP contribution in [-0.4, -0.2) is 73.1 Å². The summed E-state index contributed by atoms with van der Waals surface area (Å²) in [4.78, 5) is 36.2. The van der Waals surface area contributed by atoms with Gasteiger partial charge in [0.15, 0.2) is 0 Å². The first-order valence-electron chi connectivity index (χ1n) is 5.59. The molecule has 0 aromatic heterocycles. The van der Waals surface area contributed by atoms with Gasteiger partial charge in [-0.1, -0.05) is 0 Å². The number of hydrogen-bond donors (Lipinski definition) is 5. The van der Waals surface area contributed by atoms with Gasteiger partial charge in [0.2, 0.25) is 0 Å². The summed E-state index contributed by atoms with van der Waals surface area (Å²) in [5.74, 6) is -2.44. The number of nitrogens with zero attached hydrogens (tertiary/aromatic N) is 1. The van der Waals surface area contributed by atoms with Gasteiger partial charge in [-0.05, 0) is 0 Å². The third-order valence-corrected chi connectivity index (χ3v) is 3.42. The molecule has 8 nitrogen and oxygen atoms in total. The van der Waals surface area contributed by atoms with Crippen LogP contribution < -0.4 is 11.1 Å². The molecule has 0 aromatic rings. The van der Waals surface area contributed by atoms with E-state index >= 15 is 0 Å². The number of carbonyl (C=O) groups excluding carboxylic acids is 1. The second-order valence-corrected chi connectivity index (χ2v) is 5.08. The van der Waals surface area contributed by atoms with Crippen LogP contribution >= 0.6 is 12.6 Å². The van der Waals surface area contributed by atoms with Crippen molar-refractivity contribution in [2.24, 2.45) is 10.7 Å². The zero-order chi connectivity index (χ0) is 15.7. The summed E-state index contributed by atoms with van der Waals surface area (Å²) in [6.07, 6.45) is -0.0422. The number of carboxylic acid groups (broad SMARTS) is 2. The Kier molecular flexibility index (Phi) is 9.22. The van der Waals surface area contributed by atoms with Gasteiger partial charge in [-0.15, -0.1) is 0 Å². The Morgan fingerprint density at radius 3 is 2.40 bits per heavy atom. The Balaban J connectivity index is 4.35. The van der Waals surface area contributed by atoms with E-state index in [2.05, 4.69) is 39.0 Å². The van der Waals surface area contributed by atoms with E-state index < -0.39 is 36.5 Å². The molecule has 0 saturated heterocycles. The van der Waals surface area contributed by atoms with Crippen LogP contribution in [0.1, 0.15) is 12.8 Å². The van der Waals surface area contributed by atoms with Gasteiger partial charge in [-0.25, -0.2) is 0 Å². The molecule has 0 heterocycles. The van der Waals surface area contributed by atoms with Crippen LogP contribution in [0, 0.1) is 0 Å². The standard InChI is InChI=1S/C10H16N3O5SSe/c11-5(10(17)18)1-2-7(14)13-6(4-19)9(20)12-3-8(15)16/h5-6,19H,1-4,11H2,(H,13,14)(H,15,16)(H,17,18). The quantitative estimate of drug-likeness (QED) is 0.185. The van der Waals surface area contributed by atoms with Crippen molar-refractivity contribution in [2.75, 3.05) is 12.3 Å². The first-order valence-corrected chi connectivity index (χ1v) is 7.08. The summed E-state index contributed by atoms with van der Waals surface area (Å²) < 4.78 is 0.318. The average Bonchev–Trinajstić information content (AvgIpc) is 2.38. The van der Waals surface area contributed by atoms with Crippen molar-refractivity contribution < 1.29 is 24.6 Å². The monoisotopic (exact) mass is 370 g/mol. The Labute approximate surface area is 129 Å². The van der Waals surface area contributed by atoms with Crippen LogP contribution in [0.4, 0.5) is 0 Å². The van der Waals surface area contributed by atoms with Crippen molar-refractivity contribution in [3.05, 3.63) is 0 Å². The van der Waals surface area contributed by atoms with E-state index in [4.69, 9.17) is 15.9 Å². The molecule has 0 aromatic carbocycles. The van der Waals surface area contributed by atoms with Gasteiger partial charge in [0, 0.05) is 0 Å². The van der Waals surface area contributed by atoms with Gasteiger partial charge in [-0.2, -0.15) is 0 Å². The number of nitrogens with one attached hydrogen (secondary N) is 1. The fraction of sp³-hybridized carbons (Fsp3) is 0.600. The van der Waals surface area contributed by atoms with Crippen LogP contribution in [-0.2, 0) is 14.4 Å². The number of rotatable bonds is 9. The SMILES string of the molecule is NC(CCC(=O)NC(CS)C([Se])=NCC(=O)O)C(=O)O. The van der Waals surface area contributed by atoms with Crippen molar-refractivity contribution in [1.82, 2.24) is 5.32 Å². The number of aliphatic imine (C=N–C) groups is 1. The molecule has 0 saturated carbocycles. The summed E-state index contributed by atoms with van der Waals surface area (Å²) in [5, 5.41) is 19.6. The van der Waals surface area contributed by atoms with Crippen LogP contribution in [0.3, 0.4) is 0 Å².